The Kier molecular flexibility index (Phi) is 3.08. The Hall–Kier alpha value is -2.50. The lowest BCUT2D eigenvalue weighted by molar-refractivity contribution is 0.0794. The molecule has 0 saturated heterocycles. The summed E-state index contributed by atoms with van der Waals surface area (Å²) < 4.78 is 5.15. The van der Waals surface area contributed by atoms with Gasteiger partial charge in [0.1, 0.15) is 5.75 Å². The molecular formula is C15H16N2O4. The molecule has 0 bridgehead atoms. The van der Waals surface area contributed by atoms with Crippen LogP contribution >= 0.6 is 0 Å². The van der Waals surface area contributed by atoms with Gasteiger partial charge in [-0.25, -0.2) is 4.79 Å². The number of anilines is 1. The van der Waals surface area contributed by atoms with Gasteiger partial charge in [0.05, 0.1) is 30.9 Å². The van der Waals surface area contributed by atoms with Gasteiger partial charge in [0.25, 0.3) is 5.91 Å². The second-order valence-electron chi connectivity index (χ2n) is 5.32. The molecule has 2 aliphatic rings. The highest BCUT2D eigenvalue weighted by molar-refractivity contribution is 6.05. The third-order valence-corrected chi connectivity index (χ3v) is 3.89. The van der Waals surface area contributed by atoms with Crippen molar-refractivity contribution in [3.63, 3.8) is 0 Å². The normalized spacial score (nSPS) is 20.6. The molecule has 1 aromatic rings. The molecule has 0 aliphatic carbocycles. The van der Waals surface area contributed by atoms with Crippen molar-refractivity contribution in [2.75, 3.05) is 18.6 Å². The predicted octanol–water partition coefficient (Wildman–Crippen LogP) is 2.31. The number of rotatable bonds is 1. The standard InChI is InChI=1S/C15H16N2O4/c1-9-5-10-8-17(15(19)20)13-4-3-11(21-2)6-12(13)14(18)16(10)7-9/h3-4,6-7,10H,5,8H2,1-2H3,(H,19,20). The van der Waals surface area contributed by atoms with Crippen LogP contribution in [-0.2, 0) is 0 Å². The number of hydrogen-bond donors (Lipinski definition) is 1. The quantitative estimate of drug-likeness (QED) is 0.861. The lowest BCUT2D eigenvalue weighted by atomic mass is 10.1. The van der Waals surface area contributed by atoms with Crippen LogP contribution < -0.4 is 9.64 Å². The highest BCUT2D eigenvalue weighted by Gasteiger charge is 2.37. The zero-order valence-electron chi connectivity index (χ0n) is 11.9. The summed E-state index contributed by atoms with van der Waals surface area (Å²) in [7, 11) is 1.51. The third-order valence-electron chi connectivity index (χ3n) is 3.89. The van der Waals surface area contributed by atoms with E-state index in [0.717, 1.165) is 5.57 Å². The molecule has 1 atom stereocenters. The van der Waals surface area contributed by atoms with Crippen LogP contribution in [0.15, 0.2) is 30.0 Å². The Bertz CT molecular complexity index is 653. The molecule has 2 heterocycles. The monoisotopic (exact) mass is 288 g/mol. The molecule has 6 nitrogen and oxygen atoms in total. The van der Waals surface area contributed by atoms with Crippen molar-refractivity contribution in [2.45, 2.75) is 19.4 Å². The molecule has 0 fully saturated rings. The summed E-state index contributed by atoms with van der Waals surface area (Å²) in [5.74, 6) is 0.347. The lowest BCUT2D eigenvalue weighted by Gasteiger charge is -2.23. The number of methoxy groups -OCH3 is 1. The molecule has 21 heavy (non-hydrogen) atoms. The van der Waals surface area contributed by atoms with E-state index in [-0.39, 0.29) is 18.5 Å². The molecule has 0 radical (unpaired) electrons. The second kappa shape index (κ2) is 4.80. The van der Waals surface area contributed by atoms with E-state index < -0.39 is 6.09 Å². The molecule has 0 saturated carbocycles. The van der Waals surface area contributed by atoms with Crippen LogP contribution in [0.25, 0.3) is 0 Å². The number of carboxylic acid groups (broad SMARTS) is 1. The first-order chi connectivity index (χ1) is 10.0. The molecule has 1 aromatic carbocycles. The fourth-order valence-electron chi connectivity index (χ4n) is 2.92. The van der Waals surface area contributed by atoms with Crippen LogP contribution in [0.3, 0.4) is 0 Å². The fraction of sp³-hybridized carbons (Fsp3) is 0.333. The van der Waals surface area contributed by atoms with Gasteiger partial charge < -0.3 is 14.7 Å². The van der Waals surface area contributed by atoms with Crippen molar-refractivity contribution in [3.8, 4) is 5.75 Å². The zero-order valence-corrected chi connectivity index (χ0v) is 11.9. The van der Waals surface area contributed by atoms with Gasteiger partial charge in [-0.2, -0.15) is 0 Å². The van der Waals surface area contributed by atoms with Crippen LogP contribution in [0.1, 0.15) is 23.7 Å². The summed E-state index contributed by atoms with van der Waals surface area (Å²) in [5, 5.41) is 9.46. The minimum atomic E-state index is -1.05. The summed E-state index contributed by atoms with van der Waals surface area (Å²) in [5.41, 5.74) is 1.84. The van der Waals surface area contributed by atoms with E-state index in [0.29, 0.717) is 23.4 Å². The summed E-state index contributed by atoms with van der Waals surface area (Å²) in [4.78, 5) is 27.1. The van der Waals surface area contributed by atoms with Crippen LogP contribution in [0.5, 0.6) is 5.75 Å². The van der Waals surface area contributed by atoms with Crippen molar-refractivity contribution in [1.82, 2.24) is 4.90 Å². The maximum absolute atomic E-state index is 12.7. The van der Waals surface area contributed by atoms with Gasteiger partial charge in [0, 0.05) is 6.20 Å². The number of amides is 2. The summed E-state index contributed by atoms with van der Waals surface area (Å²) in [6.45, 7) is 2.22. The van der Waals surface area contributed by atoms with Gasteiger partial charge in [-0.1, -0.05) is 5.57 Å². The number of carbonyl (C=O) groups excluding carboxylic acids is 1. The van der Waals surface area contributed by atoms with Crippen molar-refractivity contribution >= 4 is 17.7 Å². The van der Waals surface area contributed by atoms with Crippen LogP contribution in [0, 0.1) is 0 Å². The van der Waals surface area contributed by atoms with Gasteiger partial charge in [-0.3, -0.25) is 9.69 Å². The molecule has 0 spiro atoms. The van der Waals surface area contributed by atoms with Gasteiger partial charge in [-0.15, -0.1) is 0 Å². The van der Waals surface area contributed by atoms with E-state index in [2.05, 4.69) is 0 Å². The first-order valence-electron chi connectivity index (χ1n) is 6.69. The maximum atomic E-state index is 12.7. The topological polar surface area (TPSA) is 70.1 Å². The van der Waals surface area contributed by atoms with Crippen LogP contribution in [0.2, 0.25) is 0 Å². The van der Waals surface area contributed by atoms with E-state index in [4.69, 9.17) is 4.74 Å². The fourth-order valence-corrected chi connectivity index (χ4v) is 2.92. The Labute approximate surface area is 122 Å². The predicted molar refractivity (Wildman–Crippen MR) is 76.7 cm³/mol. The maximum Gasteiger partial charge on any atom is 0.411 e. The molecule has 2 aliphatic heterocycles. The molecular weight excluding hydrogens is 272 g/mol. The van der Waals surface area contributed by atoms with Crippen molar-refractivity contribution < 1.29 is 19.4 Å². The van der Waals surface area contributed by atoms with E-state index in [1.54, 1.807) is 23.1 Å². The average Bonchev–Trinajstić information content (AvgIpc) is 2.79. The smallest absolute Gasteiger partial charge is 0.411 e. The summed E-state index contributed by atoms with van der Waals surface area (Å²) in [6.07, 6.45) is 1.45. The third kappa shape index (κ3) is 2.12. The number of fused-ring (bicyclic) bond motifs is 2. The number of nitrogens with zero attached hydrogens (tertiary/aromatic N) is 2. The number of ether oxygens (including phenoxy) is 1. The minimum absolute atomic E-state index is 0.146. The van der Waals surface area contributed by atoms with Crippen molar-refractivity contribution in [2.24, 2.45) is 0 Å². The Morgan fingerprint density at radius 1 is 1.43 bits per heavy atom. The molecule has 0 aromatic heterocycles. The van der Waals surface area contributed by atoms with E-state index in [1.165, 1.54) is 12.0 Å². The zero-order chi connectivity index (χ0) is 15.1. The molecule has 2 amide bonds. The molecule has 1 unspecified atom stereocenters. The Morgan fingerprint density at radius 2 is 2.19 bits per heavy atom. The lowest BCUT2D eigenvalue weighted by Crippen LogP contribution is -2.40. The van der Waals surface area contributed by atoms with Gasteiger partial charge >= 0.3 is 6.09 Å². The molecule has 1 N–H and O–H groups in total. The van der Waals surface area contributed by atoms with Gasteiger partial charge in [0.2, 0.25) is 0 Å². The van der Waals surface area contributed by atoms with E-state index in [1.807, 2.05) is 13.1 Å². The number of hydrogen-bond acceptors (Lipinski definition) is 3. The highest BCUT2D eigenvalue weighted by atomic mass is 16.5. The van der Waals surface area contributed by atoms with Gasteiger partial charge in [-0.05, 0) is 31.5 Å². The van der Waals surface area contributed by atoms with E-state index >= 15 is 0 Å². The Balaban J connectivity index is 2.15. The van der Waals surface area contributed by atoms with E-state index in [9.17, 15) is 14.7 Å². The van der Waals surface area contributed by atoms with Gasteiger partial charge in [0.15, 0.2) is 0 Å². The Morgan fingerprint density at radius 3 is 2.86 bits per heavy atom. The van der Waals surface area contributed by atoms with Crippen LogP contribution in [-0.4, -0.2) is 41.7 Å². The second-order valence-corrected chi connectivity index (χ2v) is 5.32. The minimum Gasteiger partial charge on any atom is -0.497 e. The SMILES string of the molecule is COc1ccc2c(c1)C(=O)N1C=C(C)CC1CN2C(=O)O. The first-order valence-corrected chi connectivity index (χ1v) is 6.69. The van der Waals surface area contributed by atoms with Crippen LogP contribution in [0.4, 0.5) is 10.5 Å². The number of benzene rings is 1. The number of carbonyl (C=O) groups is 2. The highest BCUT2D eigenvalue weighted by Crippen LogP contribution is 2.34. The van der Waals surface area contributed by atoms with Crippen molar-refractivity contribution in [1.29, 1.82) is 0 Å². The molecule has 6 heteroatoms. The first kappa shape index (κ1) is 13.5. The summed E-state index contributed by atoms with van der Waals surface area (Å²) >= 11 is 0. The van der Waals surface area contributed by atoms with Crippen molar-refractivity contribution in [3.05, 3.63) is 35.5 Å². The largest absolute Gasteiger partial charge is 0.497 e. The molecule has 110 valence electrons. The average molecular weight is 288 g/mol. The summed E-state index contributed by atoms with van der Waals surface area (Å²) in [6, 6.07) is 4.74. The molecule has 3 rings (SSSR count).